The van der Waals surface area contributed by atoms with Gasteiger partial charge in [-0.15, -0.1) is 12.4 Å². The third kappa shape index (κ3) is 6.87. The lowest BCUT2D eigenvalue weighted by atomic mass is 10.2. The van der Waals surface area contributed by atoms with Gasteiger partial charge < -0.3 is 15.5 Å². The number of benzene rings is 1. The number of halogens is 4. The van der Waals surface area contributed by atoms with Crippen molar-refractivity contribution < 1.29 is 22.8 Å². The van der Waals surface area contributed by atoms with Crippen molar-refractivity contribution in [1.29, 1.82) is 0 Å². The standard InChI is InChI=1S/C14H18F3N3O2.ClH/c1-3-20(13(22)14(15,16)17)9-10-5-4-6-11(7-10)19-12(21)8-18-2;/h4-7,18H,3,8-9H2,1-2H3,(H,19,21);1H. The van der Waals surface area contributed by atoms with Gasteiger partial charge in [-0.2, -0.15) is 13.2 Å². The average molecular weight is 354 g/mol. The molecule has 0 unspecified atom stereocenters. The minimum atomic E-state index is -4.89. The van der Waals surface area contributed by atoms with Crippen LogP contribution in [0.1, 0.15) is 12.5 Å². The Morgan fingerprint density at radius 1 is 1.26 bits per heavy atom. The maximum absolute atomic E-state index is 12.5. The fourth-order valence-electron chi connectivity index (χ4n) is 1.84. The predicted octanol–water partition coefficient (Wildman–Crippen LogP) is 2.18. The van der Waals surface area contributed by atoms with Crippen molar-refractivity contribution in [2.45, 2.75) is 19.6 Å². The Morgan fingerprint density at radius 3 is 2.43 bits per heavy atom. The van der Waals surface area contributed by atoms with E-state index < -0.39 is 12.1 Å². The largest absolute Gasteiger partial charge is 0.471 e. The van der Waals surface area contributed by atoms with Gasteiger partial charge in [-0.3, -0.25) is 9.59 Å². The number of carbonyl (C=O) groups excluding carboxylic acids is 2. The molecular formula is C14H19ClF3N3O2. The Labute approximate surface area is 138 Å². The van der Waals surface area contributed by atoms with Gasteiger partial charge in [-0.05, 0) is 31.7 Å². The lowest BCUT2D eigenvalue weighted by Crippen LogP contribution is -2.40. The number of anilines is 1. The van der Waals surface area contributed by atoms with Gasteiger partial charge >= 0.3 is 12.1 Å². The molecule has 0 fully saturated rings. The maximum Gasteiger partial charge on any atom is 0.471 e. The third-order valence-corrected chi connectivity index (χ3v) is 2.83. The van der Waals surface area contributed by atoms with Crippen LogP contribution in [0.15, 0.2) is 24.3 Å². The highest BCUT2D eigenvalue weighted by molar-refractivity contribution is 5.92. The molecule has 2 amide bonds. The molecule has 0 saturated heterocycles. The molecule has 5 nitrogen and oxygen atoms in total. The van der Waals surface area contributed by atoms with E-state index in [2.05, 4.69) is 10.6 Å². The molecule has 0 heterocycles. The molecule has 0 bridgehead atoms. The van der Waals surface area contributed by atoms with E-state index in [9.17, 15) is 22.8 Å². The number of likely N-dealkylation sites (N-methyl/N-ethyl adjacent to an activating group) is 1. The zero-order chi connectivity index (χ0) is 16.8. The van der Waals surface area contributed by atoms with Crippen molar-refractivity contribution in [2.75, 3.05) is 25.5 Å². The summed E-state index contributed by atoms with van der Waals surface area (Å²) in [5.41, 5.74) is 0.968. The van der Waals surface area contributed by atoms with Gasteiger partial charge in [0.1, 0.15) is 0 Å². The highest BCUT2D eigenvalue weighted by atomic mass is 35.5. The number of nitrogens with zero attached hydrogens (tertiary/aromatic N) is 1. The van der Waals surface area contributed by atoms with Crippen LogP contribution in [0.25, 0.3) is 0 Å². The molecule has 1 aromatic carbocycles. The zero-order valence-corrected chi connectivity index (χ0v) is 13.6. The normalized spacial score (nSPS) is 10.7. The van der Waals surface area contributed by atoms with Gasteiger partial charge in [0, 0.05) is 18.8 Å². The van der Waals surface area contributed by atoms with E-state index in [0.29, 0.717) is 16.2 Å². The molecule has 0 spiro atoms. The lowest BCUT2D eigenvalue weighted by molar-refractivity contribution is -0.185. The smallest absolute Gasteiger partial charge is 0.331 e. The molecule has 1 aromatic rings. The van der Waals surface area contributed by atoms with Crippen LogP contribution in [0.3, 0.4) is 0 Å². The first kappa shape index (κ1) is 21.2. The number of alkyl halides is 3. The second kappa shape index (κ2) is 9.36. The van der Waals surface area contributed by atoms with Gasteiger partial charge in [-0.25, -0.2) is 0 Å². The molecule has 1 rings (SSSR count). The second-order valence-corrected chi connectivity index (χ2v) is 4.60. The van der Waals surface area contributed by atoms with Crippen LogP contribution in [0.5, 0.6) is 0 Å². The first-order chi connectivity index (χ1) is 10.3. The molecule has 0 aliphatic rings. The summed E-state index contributed by atoms with van der Waals surface area (Å²) in [5, 5.41) is 5.29. The molecule has 0 aliphatic carbocycles. The summed E-state index contributed by atoms with van der Waals surface area (Å²) in [5.74, 6) is -2.14. The fourth-order valence-corrected chi connectivity index (χ4v) is 1.84. The Bertz CT molecular complexity index is 538. The van der Waals surface area contributed by atoms with Crippen LogP contribution in [0.4, 0.5) is 18.9 Å². The average Bonchev–Trinajstić information content (AvgIpc) is 2.43. The van der Waals surface area contributed by atoms with Gasteiger partial charge in [0.15, 0.2) is 0 Å². The number of hydrogen-bond donors (Lipinski definition) is 2. The summed E-state index contributed by atoms with van der Waals surface area (Å²) in [6.07, 6.45) is -4.89. The second-order valence-electron chi connectivity index (χ2n) is 4.60. The van der Waals surface area contributed by atoms with Gasteiger partial charge in [-0.1, -0.05) is 12.1 Å². The first-order valence-electron chi connectivity index (χ1n) is 6.67. The fraction of sp³-hybridized carbons (Fsp3) is 0.429. The topological polar surface area (TPSA) is 61.4 Å². The van der Waals surface area contributed by atoms with Gasteiger partial charge in [0.05, 0.1) is 6.54 Å². The van der Waals surface area contributed by atoms with Crippen molar-refractivity contribution in [3.63, 3.8) is 0 Å². The monoisotopic (exact) mass is 353 g/mol. The SMILES string of the molecule is CCN(Cc1cccc(NC(=O)CNC)c1)C(=O)C(F)(F)F.Cl. The first-order valence-corrected chi connectivity index (χ1v) is 6.67. The minimum absolute atomic E-state index is 0. The molecule has 2 N–H and O–H groups in total. The summed E-state index contributed by atoms with van der Waals surface area (Å²) in [6.45, 7) is 1.36. The number of nitrogens with one attached hydrogen (secondary N) is 2. The summed E-state index contributed by atoms with van der Waals surface area (Å²) in [4.78, 5) is 23.4. The van der Waals surface area contributed by atoms with E-state index in [1.165, 1.54) is 6.92 Å². The molecule has 130 valence electrons. The van der Waals surface area contributed by atoms with Crippen molar-refractivity contribution in [3.05, 3.63) is 29.8 Å². The summed E-state index contributed by atoms with van der Waals surface area (Å²) >= 11 is 0. The van der Waals surface area contributed by atoms with Crippen LogP contribution < -0.4 is 10.6 Å². The highest BCUT2D eigenvalue weighted by Crippen LogP contribution is 2.20. The lowest BCUT2D eigenvalue weighted by Gasteiger charge is -2.22. The molecule has 23 heavy (non-hydrogen) atoms. The summed E-state index contributed by atoms with van der Waals surface area (Å²) in [7, 11) is 1.62. The Morgan fingerprint density at radius 2 is 1.91 bits per heavy atom. The van der Waals surface area contributed by atoms with Crippen molar-refractivity contribution in [2.24, 2.45) is 0 Å². The number of rotatable bonds is 6. The molecule has 9 heteroatoms. The zero-order valence-electron chi connectivity index (χ0n) is 12.7. The summed E-state index contributed by atoms with van der Waals surface area (Å²) < 4.78 is 37.4. The molecule has 0 aliphatic heterocycles. The number of amides is 2. The molecule has 0 radical (unpaired) electrons. The summed E-state index contributed by atoms with van der Waals surface area (Å²) in [6, 6.07) is 6.37. The number of hydrogen-bond acceptors (Lipinski definition) is 3. The van der Waals surface area contributed by atoms with E-state index >= 15 is 0 Å². The van der Waals surface area contributed by atoms with Crippen molar-refractivity contribution in [1.82, 2.24) is 10.2 Å². The Kier molecular flexibility index (Phi) is 8.63. The van der Waals surface area contributed by atoms with Gasteiger partial charge in [0.2, 0.25) is 5.91 Å². The molecule has 0 aromatic heterocycles. The van der Waals surface area contributed by atoms with Crippen LogP contribution in [0.2, 0.25) is 0 Å². The third-order valence-electron chi connectivity index (χ3n) is 2.83. The number of carbonyl (C=O) groups is 2. The Hall–Kier alpha value is -1.80. The molecule has 0 atom stereocenters. The van der Waals surface area contributed by atoms with Crippen molar-refractivity contribution >= 4 is 29.9 Å². The van der Waals surface area contributed by atoms with E-state index in [0.717, 1.165) is 0 Å². The Balaban J connectivity index is 0.00000484. The predicted molar refractivity (Wildman–Crippen MR) is 83.4 cm³/mol. The maximum atomic E-state index is 12.5. The quantitative estimate of drug-likeness (QED) is 0.824. The van der Waals surface area contributed by atoms with E-state index in [1.54, 1.807) is 31.3 Å². The van der Waals surface area contributed by atoms with E-state index in [4.69, 9.17) is 0 Å². The molecule has 0 saturated carbocycles. The van der Waals surface area contributed by atoms with Crippen molar-refractivity contribution in [3.8, 4) is 0 Å². The highest BCUT2D eigenvalue weighted by Gasteiger charge is 2.41. The van der Waals surface area contributed by atoms with E-state index in [-0.39, 0.29) is 37.9 Å². The van der Waals surface area contributed by atoms with Gasteiger partial charge in [0.25, 0.3) is 0 Å². The molecular weight excluding hydrogens is 335 g/mol. The van der Waals surface area contributed by atoms with Crippen LogP contribution in [0, 0.1) is 0 Å². The van der Waals surface area contributed by atoms with Crippen LogP contribution in [-0.4, -0.2) is 43.0 Å². The minimum Gasteiger partial charge on any atom is -0.331 e. The van der Waals surface area contributed by atoms with E-state index in [1.807, 2.05) is 0 Å². The van der Waals surface area contributed by atoms with Crippen LogP contribution in [-0.2, 0) is 16.1 Å². The van der Waals surface area contributed by atoms with Crippen LogP contribution >= 0.6 is 12.4 Å².